The van der Waals surface area contributed by atoms with Crippen LogP contribution in [-0.4, -0.2) is 19.2 Å². The zero-order chi connectivity index (χ0) is 12.2. The van der Waals surface area contributed by atoms with E-state index in [-0.39, 0.29) is 11.5 Å². The van der Waals surface area contributed by atoms with Crippen molar-refractivity contribution >= 4 is 27.2 Å². The molecule has 0 aliphatic rings. The molecule has 0 radical (unpaired) electrons. The Morgan fingerprint density at radius 3 is 2.75 bits per heavy atom. The summed E-state index contributed by atoms with van der Waals surface area (Å²) in [5.74, 6) is -0.816. The van der Waals surface area contributed by atoms with Crippen LogP contribution in [0.15, 0.2) is 24.3 Å². The van der Waals surface area contributed by atoms with Crippen LogP contribution < -0.4 is 10.5 Å². The molecule has 0 unspecified atom stereocenters. The summed E-state index contributed by atoms with van der Waals surface area (Å²) in [6, 6.07) is 5.66. The molecule has 1 aromatic rings. The molecule has 0 saturated heterocycles. The van der Waals surface area contributed by atoms with Crippen LogP contribution in [0.1, 0.15) is 5.56 Å². The highest BCUT2D eigenvalue weighted by Gasteiger charge is 2.11. The summed E-state index contributed by atoms with van der Waals surface area (Å²) in [4.78, 5) is -0.105. The van der Waals surface area contributed by atoms with Gasteiger partial charge in [0, 0.05) is 6.54 Å². The second-order valence-corrected chi connectivity index (χ2v) is 5.51. The predicted molar refractivity (Wildman–Crippen MR) is 63.8 cm³/mol. The predicted octanol–water partition coefficient (Wildman–Crippen LogP) is 0.531. The standard InChI is InChI=1S/C9H11FN2O2S2/c10-8-3-1-2-7(4-8)5-12-16(13,14)6-9(11)15/h1-4,12H,5-6H2,(H2,11,15). The van der Waals surface area contributed by atoms with Crippen LogP contribution >= 0.6 is 12.2 Å². The minimum Gasteiger partial charge on any atom is -0.392 e. The first-order chi connectivity index (χ1) is 7.39. The van der Waals surface area contributed by atoms with Crippen molar-refractivity contribution < 1.29 is 12.8 Å². The SMILES string of the molecule is NC(=S)CS(=O)(=O)NCc1cccc(F)c1. The van der Waals surface area contributed by atoms with E-state index in [1.165, 1.54) is 18.2 Å². The maximum Gasteiger partial charge on any atom is 0.218 e. The molecule has 0 aromatic heterocycles. The third-order valence-corrected chi connectivity index (χ3v) is 3.32. The first kappa shape index (κ1) is 13.0. The molecule has 0 aliphatic carbocycles. The molecule has 16 heavy (non-hydrogen) atoms. The number of hydrogen-bond acceptors (Lipinski definition) is 3. The van der Waals surface area contributed by atoms with Gasteiger partial charge in [-0.3, -0.25) is 0 Å². The second-order valence-electron chi connectivity index (χ2n) is 3.18. The Labute approximate surface area is 98.7 Å². The topological polar surface area (TPSA) is 72.2 Å². The van der Waals surface area contributed by atoms with E-state index in [0.717, 1.165) is 0 Å². The van der Waals surface area contributed by atoms with Gasteiger partial charge in [0.2, 0.25) is 10.0 Å². The molecule has 0 heterocycles. The molecule has 1 aromatic carbocycles. The average molecular weight is 262 g/mol. The summed E-state index contributed by atoms with van der Waals surface area (Å²) in [6.07, 6.45) is 0. The van der Waals surface area contributed by atoms with Gasteiger partial charge in [-0.25, -0.2) is 17.5 Å². The highest BCUT2D eigenvalue weighted by Crippen LogP contribution is 2.03. The lowest BCUT2D eigenvalue weighted by Crippen LogP contribution is -2.31. The molecule has 0 spiro atoms. The monoisotopic (exact) mass is 262 g/mol. The van der Waals surface area contributed by atoms with Gasteiger partial charge >= 0.3 is 0 Å². The summed E-state index contributed by atoms with van der Waals surface area (Å²) in [5.41, 5.74) is 5.66. The lowest BCUT2D eigenvalue weighted by molar-refractivity contribution is 0.584. The molecule has 0 bridgehead atoms. The zero-order valence-electron chi connectivity index (χ0n) is 8.31. The van der Waals surface area contributed by atoms with Gasteiger partial charge in [-0.15, -0.1) is 0 Å². The van der Waals surface area contributed by atoms with Crippen molar-refractivity contribution in [2.24, 2.45) is 5.73 Å². The Bertz CT molecular complexity index is 488. The van der Waals surface area contributed by atoms with Gasteiger partial charge in [0.1, 0.15) is 11.6 Å². The third-order valence-electron chi connectivity index (χ3n) is 1.72. The van der Waals surface area contributed by atoms with Crippen LogP contribution in [0.2, 0.25) is 0 Å². The Hall–Kier alpha value is -1.05. The number of hydrogen-bond donors (Lipinski definition) is 2. The van der Waals surface area contributed by atoms with Gasteiger partial charge in [-0.1, -0.05) is 24.4 Å². The minimum atomic E-state index is -3.53. The van der Waals surface area contributed by atoms with Crippen molar-refractivity contribution in [2.45, 2.75) is 6.54 Å². The molecule has 4 nitrogen and oxygen atoms in total. The van der Waals surface area contributed by atoms with E-state index in [1.54, 1.807) is 6.07 Å². The first-order valence-electron chi connectivity index (χ1n) is 4.39. The Balaban J connectivity index is 2.61. The molecular weight excluding hydrogens is 251 g/mol. The van der Waals surface area contributed by atoms with Gasteiger partial charge in [0.15, 0.2) is 0 Å². The molecule has 0 amide bonds. The van der Waals surface area contributed by atoms with Gasteiger partial charge in [0.05, 0.1) is 4.99 Å². The average Bonchev–Trinajstić information content (AvgIpc) is 2.13. The maximum atomic E-state index is 12.8. The fourth-order valence-corrected chi connectivity index (χ4v) is 2.41. The van der Waals surface area contributed by atoms with Crippen LogP contribution in [0, 0.1) is 5.82 Å². The van der Waals surface area contributed by atoms with Crippen LogP contribution in [0.4, 0.5) is 4.39 Å². The molecule has 7 heteroatoms. The van der Waals surface area contributed by atoms with E-state index in [2.05, 4.69) is 16.9 Å². The van der Waals surface area contributed by atoms with Gasteiger partial charge in [0.25, 0.3) is 0 Å². The number of nitrogens with two attached hydrogens (primary N) is 1. The lowest BCUT2D eigenvalue weighted by atomic mass is 10.2. The van der Waals surface area contributed by atoms with Crippen LogP contribution in [0.5, 0.6) is 0 Å². The molecule has 88 valence electrons. The van der Waals surface area contributed by atoms with Crippen LogP contribution in [0.3, 0.4) is 0 Å². The summed E-state index contributed by atoms with van der Waals surface area (Å²) >= 11 is 4.49. The van der Waals surface area contributed by atoms with Crippen LogP contribution in [0.25, 0.3) is 0 Å². The van der Waals surface area contributed by atoms with Crippen molar-refractivity contribution in [3.05, 3.63) is 35.6 Å². The van der Waals surface area contributed by atoms with E-state index < -0.39 is 21.6 Å². The van der Waals surface area contributed by atoms with Crippen molar-refractivity contribution in [3.8, 4) is 0 Å². The Morgan fingerprint density at radius 1 is 1.50 bits per heavy atom. The largest absolute Gasteiger partial charge is 0.392 e. The van der Waals surface area contributed by atoms with Gasteiger partial charge < -0.3 is 5.73 Å². The van der Waals surface area contributed by atoms with E-state index >= 15 is 0 Å². The number of sulfonamides is 1. The van der Waals surface area contributed by atoms with E-state index in [1.807, 2.05) is 0 Å². The quantitative estimate of drug-likeness (QED) is 0.759. The van der Waals surface area contributed by atoms with E-state index in [9.17, 15) is 12.8 Å². The minimum absolute atomic E-state index is 0.0166. The highest BCUT2D eigenvalue weighted by molar-refractivity contribution is 7.92. The Kier molecular flexibility index (Phi) is 4.34. The van der Waals surface area contributed by atoms with Gasteiger partial charge in [-0.2, -0.15) is 0 Å². The summed E-state index contributed by atoms with van der Waals surface area (Å²) in [5, 5.41) is 0. The number of benzene rings is 1. The lowest BCUT2D eigenvalue weighted by Gasteiger charge is -2.05. The van der Waals surface area contributed by atoms with Crippen LogP contribution in [-0.2, 0) is 16.6 Å². The second kappa shape index (κ2) is 5.33. The fraction of sp³-hybridized carbons (Fsp3) is 0.222. The number of rotatable bonds is 5. The van der Waals surface area contributed by atoms with Crippen molar-refractivity contribution in [1.29, 1.82) is 0 Å². The number of nitrogens with one attached hydrogen (secondary N) is 1. The normalized spacial score (nSPS) is 11.3. The molecule has 0 atom stereocenters. The first-order valence-corrected chi connectivity index (χ1v) is 6.45. The molecule has 1 rings (SSSR count). The molecule has 0 fully saturated rings. The molecule has 0 saturated carbocycles. The van der Waals surface area contributed by atoms with Crippen molar-refractivity contribution in [3.63, 3.8) is 0 Å². The highest BCUT2D eigenvalue weighted by atomic mass is 32.2. The Morgan fingerprint density at radius 2 is 2.19 bits per heavy atom. The van der Waals surface area contributed by atoms with Crippen molar-refractivity contribution in [1.82, 2.24) is 4.72 Å². The molecular formula is C9H11FN2O2S2. The van der Waals surface area contributed by atoms with Crippen molar-refractivity contribution in [2.75, 3.05) is 5.75 Å². The van der Waals surface area contributed by atoms with Gasteiger partial charge in [-0.05, 0) is 17.7 Å². The van der Waals surface area contributed by atoms with E-state index in [0.29, 0.717) is 5.56 Å². The molecule has 0 aliphatic heterocycles. The zero-order valence-corrected chi connectivity index (χ0v) is 9.94. The third kappa shape index (κ3) is 4.65. The fourth-order valence-electron chi connectivity index (χ4n) is 1.08. The summed E-state index contributed by atoms with van der Waals surface area (Å²) in [6.45, 7) is 0.0166. The number of thiocarbonyl (C=S) groups is 1. The molecule has 3 N–H and O–H groups in total. The number of halogens is 1. The smallest absolute Gasteiger partial charge is 0.218 e. The summed E-state index contributed by atoms with van der Waals surface area (Å²) < 4.78 is 37.7. The van der Waals surface area contributed by atoms with E-state index in [4.69, 9.17) is 5.73 Å². The summed E-state index contributed by atoms with van der Waals surface area (Å²) in [7, 11) is -3.53. The maximum absolute atomic E-state index is 12.8.